The van der Waals surface area contributed by atoms with E-state index in [2.05, 4.69) is 14.8 Å². The van der Waals surface area contributed by atoms with Crippen LogP contribution in [0.1, 0.15) is 18.9 Å². The van der Waals surface area contributed by atoms with Crippen molar-refractivity contribution >= 4 is 32.2 Å². The van der Waals surface area contributed by atoms with Gasteiger partial charge in [0.05, 0.1) is 11.9 Å². The van der Waals surface area contributed by atoms with Gasteiger partial charge in [-0.25, -0.2) is 8.42 Å². The molecule has 110 valence electrons. The lowest BCUT2D eigenvalue weighted by Gasteiger charge is -2.06. The molecule has 0 radical (unpaired) electrons. The fourth-order valence-electron chi connectivity index (χ4n) is 1.82. The molecule has 3 N–H and O–H groups in total. The molecule has 2 aromatic rings. The van der Waals surface area contributed by atoms with Crippen LogP contribution in [0.2, 0.25) is 0 Å². The SMILES string of the molecule is CCCS(=O)(=O)c1c(N)nsc1NCc1cnn(C)c1. The summed E-state index contributed by atoms with van der Waals surface area (Å²) >= 11 is 1.06. The van der Waals surface area contributed by atoms with Crippen LogP contribution < -0.4 is 11.1 Å². The number of aromatic nitrogens is 3. The maximum atomic E-state index is 12.2. The van der Waals surface area contributed by atoms with E-state index in [9.17, 15) is 8.42 Å². The summed E-state index contributed by atoms with van der Waals surface area (Å²) in [4.78, 5) is 0.119. The smallest absolute Gasteiger partial charge is 0.185 e. The van der Waals surface area contributed by atoms with Crippen LogP contribution in [0.3, 0.4) is 0 Å². The van der Waals surface area contributed by atoms with E-state index >= 15 is 0 Å². The molecule has 0 spiro atoms. The number of sulfone groups is 1. The van der Waals surface area contributed by atoms with Gasteiger partial charge in [-0.2, -0.15) is 9.47 Å². The van der Waals surface area contributed by atoms with E-state index < -0.39 is 9.84 Å². The fraction of sp³-hybridized carbons (Fsp3) is 0.455. The Kier molecular flexibility index (Phi) is 4.29. The van der Waals surface area contributed by atoms with Crippen LogP contribution in [0, 0.1) is 0 Å². The van der Waals surface area contributed by atoms with Gasteiger partial charge in [0.15, 0.2) is 15.7 Å². The van der Waals surface area contributed by atoms with Gasteiger partial charge in [-0.3, -0.25) is 4.68 Å². The van der Waals surface area contributed by atoms with Gasteiger partial charge >= 0.3 is 0 Å². The van der Waals surface area contributed by atoms with Crippen molar-refractivity contribution < 1.29 is 8.42 Å². The van der Waals surface area contributed by atoms with Crippen LogP contribution in [-0.2, 0) is 23.4 Å². The van der Waals surface area contributed by atoms with E-state index in [1.807, 2.05) is 20.2 Å². The molecule has 7 nitrogen and oxygen atoms in total. The van der Waals surface area contributed by atoms with Gasteiger partial charge in [0.2, 0.25) is 0 Å². The van der Waals surface area contributed by atoms with Crippen molar-refractivity contribution in [2.75, 3.05) is 16.8 Å². The summed E-state index contributed by atoms with van der Waals surface area (Å²) < 4.78 is 30.0. The van der Waals surface area contributed by atoms with Crippen molar-refractivity contribution in [3.05, 3.63) is 18.0 Å². The van der Waals surface area contributed by atoms with E-state index in [0.717, 1.165) is 17.1 Å². The number of nitrogen functional groups attached to an aromatic ring is 1. The molecular formula is C11H17N5O2S2. The van der Waals surface area contributed by atoms with Crippen LogP contribution in [0.15, 0.2) is 17.3 Å². The number of anilines is 2. The molecule has 0 aliphatic heterocycles. The maximum Gasteiger partial charge on any atom is 0.185 e. The first-order valence-electron chi connectivity index (χ1n) is 6.13. The summed E-state index contributed by atoms with van der Waals surface area (Å²) in [5.74, 6) is 0.133. The van der Waals surface area contributed by atoms with Crippen LogP contribution in [-0.4, -0.2) is 28.3 Å². The Morgan fingerprint density at radius 3 is 2.85 bits per heavy atom. The maximum absolute atomic E-state index is 12.2. The van der Waals surface area contributed by atoms with Gasteiger partial charge < -0.3 is 11.1 Å². The first-order chi connectivity index (χ1) is 9.44. The Morgan fingerprint density at radius 2 is 2.25 bits per heavy atom. The highest BCUT2D eigenvalue weighted by Crippen LogP contribution is 2.32. The predicted octanol–water partition coefficient (Wildman–Crippen LogP) is 1.25. The number of nitrogens with one attached hydrogen (secondary N) is 1. The van der Waals surface area contributed by atoms with Crippen molar-refractivity contribution in [1.29, 1.82) is 0 Å². The molecule has 2 rings (SSSR count). The van der Waals surface area contributed by atoms with E-state index in [4.69, 9.17) is 5.73 Å². The van der Waals surface area contributed by atoms with Gasteiger partial charge in [-0.15, -0.1) is 0 Å². The molecule has 0 aliphatic carbocycles. The molecule has 0 atom stereocenters. The van der Waals surface area contributed by atoms with E-state index in [0.29, 0.717) is 18.0 Å². The lowest BCUT2D eigenvalue weighted by atomic mass is 10.3. The molecule has 2 heterocycles. The first-order valence-corrected chi connectivity index (χ1v) is 8.56. The highest BCUT2D eigenvalue weighted by Gasteiger charge is 2.24. The van der Waals surface area contributed by atoms with Gasteiger partial charge in [0.1, 0.15) is 9.90 Å². The summed E-state index contributed by atoms with van der Waals surface area (Å²) in [5, 5.41) is 7.61. The Balaban J connectivity index is 2.21. The third-order valence-electron chi connectivity index (χ3n) is 2.67. The van der Waals surface area contributed by atoms with Crippen LogP contribution >= 0.6 is 11.5 Å². The average Bonchev–Trinajstić information content (AvgIpc) is 2.93. The van der Waals surface area contributed by atoms with Gasteiger partial charge in [0, 0.05) is 25.4 Å². The van der Waals surface area contributed by atoms with E-state index in [1.54, 1.807) is 10.9 Å². The Labute approximate surface area is 121 Å². The second-order valence-electron chi connectivity index (χ2n) is 4.42. The number of rotatable bonds is 6. The molecule has 0 fully saturated rings. The third kappa shape index (κ3) is 3.10. The number of hydrogen-bond acceptors (Lipinski definition) is 7. The quantitative estimate of drug-likeness (QED) is 0.831. The summed E-state index contributed by atoms with van der Waals surface area (Å²) in [6.45, 7) is 2.29. The summed E-state index contributed by atoms with van der Waals surface area (Å²) in [7, 11) is -1.56. The van der Waals surface area contributed by atoms with Gasteiger partial charge in [0.25, 0.3) is 0 Å². The molecule has 0 amide bonds. The number of hydrogen-bond donors (Lipinski definition) is 2. The minimum atomic E-state index is -3.39. The number of nitrogens with two attached hydrogens (primary N) is 1. The zero-order valence-electron chi connectivity index (χ0n) is 11.3. The van der Waals surface area contributed by atoms with Crippen molar-refractivity contribution in [2.45, 2.75) is 24.8 Å². The second-order valence-corrected chi connectivity index (χ2v) is 7.24. The zero-order valence-corrected chi connectivity index (χ0v) is 13.0. The minimum absolute atomic E-state index is 0.0667. The number of aryl methyl sites for hydroxylation is 1. The standard InChI is InChI=1S/C11H17N5O2S2/c1-3-4-20(17,18)9-10(12)15-19-11(9)13-5-8-6-14-16(2)7-8/h6-7,13H,3-5H2,1-2H3,(H2,12,15). The molecule has 0 aromatic carbocycles. The molecule has 0 saturated carbocycles. The molecule has 9 heteroatoms. The minimum Gasteiger partial charge on any atom is -0.382 e. The summed E-state index contributed by atoms with van der Waals surface area (Å²) in [6.07, 6.45) is 4.12. The third-order valence-corrected chi connectivity index (χ3v) is 5.60. The summed E-state index contributed by atoms with van der Waals surface area (Å²) in [5.41, 5.74) is 6.65. The van der Waals surface area contributed by atoms with Crippen LogP contribution in [0.25, 0.3) is 0 Å². The molecule has 0 bridgehead atoms. The summed E-state index contributed by atoms with van der Waals surface area (Å²) in [6, 6.07) is 0. The number of nitrogens with zero attached hydrogens (tertiary/aromatic N) is 3. The Hall–Kier alpha value is -1.61. The molecule has 20 heavy (non-hydrogen) atoms. The highest BCUT2D eigenvalue weighted by atomic mass is 32.2. The highest BCUT2D eigenvalue weighted by molar-refractivity contribution is 7.91. The van der Waals surface area contributed by atoms with Crippen molar-refractivity contribution in [3.8, 4) is 0 Å². The van der Waals surface area contributed by atoms with Crippen molar-refractivity contribution in [3.63, 3.8) is 0 Å². The van der Waals surface area contributed by atoms with Crippen molar-refractivity contribution in [2.24, 2.45) is 7.05 Å². The van der Waals surface area contributed by atoms with Gasteiger partial charge in [-0.05, 0) is 18.0 Å². The first kappa shape index (κ1) is 14.8. The average molecular weight is 315 g/mol. The monoisotopic (exact) mass is 315 g/mol. The second kappa shape index (κ2) is 5.80. The lowest BCUT2D eigenvalue weighted by Crippen LogP contribution is -2.10. The van der Waals surface area contributed by atoms with Crippen LogP contribution in [0.4, 0.5) is 10.8 Å². The van der Waals surface area contributed by atoms with E-state index in [1.165, 1.54) is 0 Å². The van der Waals surface area contributed by atoms with Gasteiger partial charge in [-0.1, -0.05) is 6.92 Å². The normalized spacial score (nSPS) is 11.7. The topological polar surface area (TPSA) is 103 Å². The van der Waals surface area contributed by atoms with Crippen molar-refractivity contribution in [1.82, 2.24) is 14.2 Å². The Bertz CT molecular complexity index is 689. The predicted molar refractivity (Wildman–Crippen MR) is 79.4 cm³/mol. The zero-order chi connectivity index (χ0) is 14.8. The fourth-order valence-corrected chi connectivity index (χ4v) is 4.44. The van der Waals surface area contributed by atoms with E-state index in [-0.39, 0.29) is 16.5 Å². The van der Waals surface area contributed by atoms with Crippen LogP contribution in [0.5, 0.6) is 0 Å². The Morgan fingerprint density at radius 1 is 1.50 bits per heavy atom. The molecule has 2 aromatic heterocycles. The molecule has 0 unspecified atom stereocenters. The lowest BCUT2D eigenvalue weighted by molar-refractivity contribution is 0.595. The molecular weight excluding hydrogens is 298 g/mol. The molecule has 0 saturated heterocycles. The molecule has 0 aliphatic rings. The largest absolute Gasteiger partial charge is 0.382 e.